The lowest BCUT2D eigenvalue weighted by atomic mass is 10.0. The fourth-order valence-electron chi connectivity index (χ4n) is 2.98. The molecule has 0 radical (unpaired) electrons. The molecule has 0 saturated carbocycles. The molecule has 2 aromatic carbocycles. The first-order valence-electron chi connectivity index (χ1n) is 9.87. The van der Waals surface area contributed by atoms with Gasteiger partial charge in [-0.3, -0.25) is 4.79 Å². The van der Waals surface area contributed by atoms with Gasteiger partial charge in [-0.25, -0.2) is 18.1 Å². The number of hydrogen-bond acceptors (Lipinski definition) is 8. The van der Waals surface area contributed by atoms with E-state index in [0.29, 0.717) is 34.3 Å². The monoisotopic (exact) mass is 475 g/mol. The highest BCUT2D eigenvalue weighted by molar-refractivity contribution is 7.89. The maximum absolute atomic E-state index is 12.6. The van der Waals surface area contributed by atoms with Crippen LogP contribution in [0.2, 0.25) is 0 Å². The van der Waals surface area contributed by atoms with E-state index in [1.54, 1.807) is 24.4 Å². The Morgan fingerprint density at radius 2 is 1.88 bits per heavy atom. The topological polar surface area (TPSA) is 107 Å². The van der Waals surface area contributed by atoms with E-state index in [9.17, 15) is 13.2 Å². The van der Waals surface area contributed by atoms with Gasteiger partial charge in [0.15, 0.2) is 5.13 Å². The fraction of sp³-hybridized carbons (Fsp3) is 0.273. The molecule has 0 saturated heterocycles. The van der Waals surface area contributed by atoms with E-state index in [0.717, 1.165) is 5.56 Å². The van der Waals surface area contributed by atoms with Gasteiger partial charge in [-0.1, -0.05) is 35.6 Å². The molecule has 3 rings (SSSR count). The third kappa shape index (κ3) is 5.64. The van der Waals surface area contributed by atoms with Crippen LogP contribution in [0.4, 0.5) is 5.13 Å². The number of aromatic nitrogens is 1. The summed E-state index contributed by atoms with van der Waals surface area (Å²) in [6.07, 6.45) is 2.08. The highest BCUT2D eigenvalue weighted by Gasteiger charge is 2.20. The van der Waals surface area contributed by atoms with Crippen LogP contribution in [0.15, 0.2) is 53.6 Å². The van der Waals surface area contributed by atoms with Crippen LogP contribution >= 0.6 is 11.3 Å². The van der Waals surface area contributed by atoms with Crippen molar-refractivity contribution in [2.45, 2.75) is 18.2 Å². The lowest BCUT2D eigenvalue weighted by Crippen LogP contribution is -2.26. The number of ketones is 1. The Balaban J connectivity index is 1.52. The molecular formula is C22H25N3O5S2. The summed E-state index contributed by atoms with van der Waals surface area (Å²) in [5, 5.41) is 3.74. The fourth-order valence-corrected chi connectivity index (χ4v) is 5.04. The van der Waals surface area contributed by atoms with Crippen LogP contribution in [-0.2, 0) is 10.0 Å². The summed E-state index contributed by atoms with van der Waals surface area (Å²) in [4.78, 5) is 17.5. The van der Waals surface area contributed by atoms with Crippen LogP contribution in [0, 0.1) is 6.92 Å². The second-order valence-corrected chi connectivity index (χ2v) is 9.63. The van der Waals surface area contributed by atoms with Gasteiger partial charge in [0.25, 0.3) is 0 Å². The van der Waals surface area contributed by atoms with E-state index < -0.39 is 10.0 Å². The molecule has 10 heteroatoms. The minimum Gasteiger partial charge on any atom is -0.497 e. The first kappa shape index (κ1) is 23.7. The third-order valence-corrected chi connectivity index (χ3v) is 7.14. The molecule has 0 aliphatic heterocycles. The second-order valence-electron chi connectivity index (χ2n) is 6.87. The molecule has 32 heavy (non-hydrogen) atoms. The summed E-state index contributed by atoms with van der Waals surface area (Å²) in [5.74, 6) is 0.603. The molecule has 2 N–H and O–H groups in total. The Morgan fingerprint density at radius 3 is 2.59 bits per heavy atom. The molecule has 0 aliphatic carbocycles. The van der Waals surface area contributed by atoms with Gasteiger partial charge in [0, 0.05) is 24.7 Å². The van der Waals surface area contributed by atoms with E-state index in [1.807, 2.05) is 25.1 Å². The van der Waals surface area contributed by atoms with Crippen molar-refractivity contribution in [2.24, 2.45) is 0 Å². The number of aryl methyl sites for hydroxylation is 1. The summed E-state index contributed by atoms with van der Waals surface area (Å²) in [6, 6.07) is 12.0. The Morgan fingerprint density at radius 1 is 1.09 bits per heavy atom. The number of ether oxygens (including phenoxy) is 2. The normalized spacial score (nSPS) is 11.2. The number of rotatable bonds is 11. The molecule has 0 atom stereocenters. The number of methoxy groups -OCH3 is 2. The molecule has 3 aromatic rings. The van der Waals surface area contributed by atoms with Crippen LogP contribution in [0.5, 0.6) is 11.5 Å². The Kier molecular flexibility index (Phi) is 7.84. The molecule has 1 aromatic heterocycles. The highest BCUT2D eigenvalue weighted by Crippen LogP contribution is 2.28. The molecule has 0 bridgehead atoms. The summed E-state index contributed by atoms with van der Waals surface area (Å²) in [6.45, 7) is 2.61. The first-order chi connectivity index (χ1) is 15.4. The highest BCUT2D eigenvalue weighted by atomic mass is 32.2. The number of nitrogens with one attached hydrogen (secondary N) is 2. The molecule has 8 nitrogen and oxygen atoms in total. The zero-order chi connectivity index (χ0) is 23.1. The van der Waals surface area contributed by atoms with Gasteiger partial charge in [0.2, 0.25) is 15.8 Å². The number of thiazole rings is 1. The largest absolute Gasteiger partial charge is 0.497 e. The van der Waals surface area contributed by atoms with Gasteiger partial charge >= 0.3 is 0 Å². The quantitative estimate of drug-likeness (QED) is 0.323. The number of sulfonamides is 1. The maximum Gasteiger partial charge on any atom is 0.244 e. The van der Waals surface area contributed by atoms with Crippen LogP contribution in [0.1, 0.15) is 27.2 Å². The lowest BCUT2D eigenvalue weighted by molar-refractivity contribution is 0.104. The maximum atomic E-state index is 12.6. The van der Waals surface area contributed by atoms with Gasteiger partial charge in [-0.05, 0) is 31.0 Å². The second kappa shape index (κ2) is 10.6. The Hall–Kier alpha value is -2.95. The van der Waals surface area contributed by atoms with Crippen molar-refractivity contribution < 1.29 is 22.7 Å². The number of nitrogens with zero attached hydrogens (tertiary/aromatic N) is 1. The van der Waals surface area contributed by atoms with Gasteiger partial charge < -0.3 is 14.8 Å². The molecular weight excluding hydrogens is 450 g/mol. The Bertz CT molecular complexity index is 1190. The molecule has 170 valence electrons. The van der Waals surface area contributed by atoms with Crippen molar-refractivity contribution in [3.63, 3.8) is 0 Å². The van der Waals surface area contributed by atoms with Crippen LogP contribution in [0.3, 0.4) is 0 Å². The summed E-state index contributed by atoms with van der Waals surface area (Å²) in [7, 11) is -0.881. The van der Waals surface area contributed by atoms with Crippen molar-refractivity contribution in [1.29, 1.82) is 0 Å². The average molecular weight is 476 g/mol. The molecule has 1 heterocycles. The molecule has 0 unspecified atom stereocenters. The van der Waals surface area contributed by atoms with Crippen molar-refractivity contribution in [3.8, 4) is 11.5 Å². The summed E-state index contributed by atoms with van der Waals surface area (Å²) in [5.41, 5.74) is 1.57. The summed E-state index contributed by atoms with van der Waals surface area (Å²) >= 11 is 1.27. The Labute approximate surface area is 191 Å². The lowest BCUT2D eigenvalue weighted by Gasteiger charge is -2.12. The average Bonchev–Trinajstić information content (AvgIpc) is 3.27. The number of hydrogen-bond donors (Lipinski definition) is 2. The van der Waals surface area contributed by atoms with E-state index >= 15 is 0 Å². The number of carbonyl (C=O) groups excluding carboxylic acids is 1. The third-order valence-electron chi connectivity index (χ3n) is 4.70. The predicted octanol–water partition coefficient (Wildman–Crippen LogP) is 3.48. The van der Waals surface area contributed by atoms with E-state index in [-0.39, 0.29) is 23.0 Å². The van der Waals surface area contributed by atoms with Crippen LogP contribution in [-0.4, -0.2) is 46.5 Å². The zero-order valence-corrected chi connectivity index (χ0v) is 19.7. The molecule has 0 amide bonds. The van der Waals surface area contributed by atoms with Crippen LogP contribution in [0.25, 0.3) is 0 Å². The van der Waals surface area contributed by atoms with Crippen molar-refractivity contribution in [2.75, 3.05) is 32.6 Å². The van der Waals surface area contributed by atoms with E-state index in [4.69, 9.17) is 9.47 Å². The molecule has 0 aliphatic rings. The van der Waals surface area contributed by atoms with E-state index in [2.05, 4.69) is 15.0 Å². The van der Waals surface area contributed by atoms with Crippen molar-refractivity contribution in [3.05, 3.63) is 64.7 Å². The standard InChI is InChI=1S/C22H25N3O5S2/c1-15-7-4-5-8-17(15)21(26)19-14-24-22(31-19)23-11-6-12-25-32(27,28)20-13-16(29-2)9-10-18(20)30-3/h4-5,7-10,13-14,25H,6,11-12H2,1-3H3,(H,23,24). The number of anilines is 1. The molecule has 0 fully saturated rings. The molecule has 0 spiro atoms. The van der Waals surface area contributed by atoms with Gasteiger partial charge in [-0.2, -0.15) is 0 Å². The van der Waals surface area contributed by atoms with Crippen molar-refractivity contribution in [1.82, 2.24) is 9.71 Å². The SMILES string of the molecule is COc1ccc(OC)c(S(=O)(=O)NCCCNc2ncc(C(=O)c3ccccc3C)s2)c1. The van der Waals surface area contributed by atoms with Gasteiger partial charge in [0.1, 0.15) is 16.4 Å². The minimum absolute atomic E-state index is 0.0200. The minimum atomic E-state index is -3.76. The van der Waals surface area contributed by atoms with Crippen molar-refractivity contribution >= 4 is 32.3 Å². The van der Waals surface area contributed by atoms with Crippen LogP contribution < -0.4 is 19.5 Å². The van der Waals surface area contributed by atoms with Gasteiger partial charge in [-0.15, -0.1) is 0 Å². The van der Waals surface area contributed by atoms with E-state index in [1.165, 1.54) is 31.6 Å². The number of carbonyl (C=O) groups is 1. The summed E-state index contributed by atoms with van der Waals surface area (Å²) < 4.78 is 38.1. The number of benzene rings is 2. The smallest absolute Gasteiger partial charge is 0.244 e. The zero-order valence-electron chi connectivity index (χ0n) is 18.0. The van der Waals surface area contributed by atoms with Gasteiger partial charge in [0.05, 0.1) is 25.3 Å². The first-order valence-corrected chi connectivity index (χ1v) is 12.2. The predicted molar refractivity (Wildman–Crippen MR) is 125 cm³/mol.